The summed E-state index contributed by atoms with van der Waals surface area (Å²) in [7, 11) is 1.65. The highest BCUT2D eigenvalue weighted by molar-refractivity contribution is 5.46. The molecular formula is C16H18FNO. The number of hydrogen-bond donors (Lipinski definition) is 1. The number of hydrogen-bond acceptors (Lipinski definition) is 2. The van der Waals surface area contributed by atoms with Crippen LogP contribution in [0.4, 0.5) is 10.1 Å². The van der Waals surface area contributed by atoms with Crippen LogP contribution in [0.15, 0.2) is 48.5 Å². The highest BCUT2D eigenvalue weighted by Gasteiger charge is 2.05. The van der Waals surface area contributed by atoms with Gasteiger partial charge in [-0.25, -0.2) is 4.39 Å². The summed E-state index contributed by atoms with van der Waals surface area (Å²) in [4.78, 5) is 0. The van der Waals surface area contributed by atoms with Crippen LogP contribution in [0.25, 0.3) is 0 Å². The average molecular weight is 259 g/mol. The zero-order chi connectivity index (χ0) is 13.7. The molecule has 100 valence electrons. The number of nitrogens with one attached hydrogen (secondary N) is 1. The lowest BCUT2D eigenvalue weighted by Gasteiger charge is -2.14. The molecule has 1 N–H and O–H groups in total. The fraction of sp³-hybridized carbons (Fsp3) is 0.250. The van der Waals surface area contributed by atoms with E-state index in [-0.39, 0.29) is 5.82 Å². The van der Waals surface area contributed by atoms with E-state index in [1.54, 1.807) is 7.11 Å². The molecule has 1 unspecified atom stereocenters. The molecule has 0 aliphatic rings. The van der Waals surface area contributed by atoms with E-state index in [0.29, 0.717) is 5.92 Å². The molecule has 0 amide bonds. The normalized spacial score (nSPS) is 11.9. The predicted octanol–water partition coefficient (Wildman–Crippen LogP) is 4.05. The fourth-order valence-corrected chi connectivity index (χ4v) is 1.89. The molecule has 2 aromatic carbocycles. The summed E-state index contributed by atoms with van der Waals surface area (Å²) in [6.45, 7) is 2.92. The van der Waals surface area contributed by atoms with Crippen molar-refractivity contribution in [3.8, 4) is 5.75 Å². The highest BCUT2D eigenvalue weighted by atomic mass is 19.1. The van der Waals surface area contributed by atoms with Crippen LogP contribution in [-0.4, -0.2) is 13.7 Å². The summed E-state index contributed by atoms with van der Waals surface area (Å²) in [6.07, 6.45) is 0. The minimum Gasteiger partial charge on any atom is -0.497 e. The van der Waals surface area contributed by atoms with Gasteiger partial charge in [-0.05, 0) is 47.9 Å². The number of methoxy groups -OCH3 is 1. The molecule has 0 radical (unpaired) electrons. The summed E-state index contributed by atoms with van der Waals surface area (Å²) in [6, 6.07) is 14.5. The van der Waals surface area contributed by atoms with Gasteiger partial charge in [0.1, 0.15) is 11.6 Å². The quantitative estimate of drug-likeness (QED) is 0.874. The molecule has 2 nitrogen and oxygen atoms in total. The molecule has 0 bridgehead atoms. The Morgan fingerprint density at radius 3 is 2.26 bits per heavy atom. The monoisotopic (exact) mass is 259 g/mol. The van der Waals surface area contributed by atoms with E-state index in [1.165, 1.54) is 12.1 Å². The van der Waals surface area contributed by atoms with Gasteiger partial charge >= 0.3 is 0 Å². The first-order valence-corrected chi connectivity index (χ1v) is 6.32. The zero-order valence-electron chi connectivity index (χ0n) is 11.2. The maximum Gasteiger partial charge on any atom is 0.123 e. The van der Waals surface area contributed by atoms with Gasteiger partial charge in [-0.2, -0.15) is 0 Å². The lowest BCUT2D eigenvalue weighted by molar-refractivity contribution is 0.415. The van der Waals surface area contributed by atoms with Crippen molar-refractivity contribution in [1.82, 2.24) is 0 Å². The van der Waals surface area contributed by atoms with Crippen molar-refractivity contribution in [3.63, 3.8) is 0 Å². The molecule has 2 rings (SSSR count). The summed E-state index contributed by atoms with van der Waals surface area (Å²) in [5, 5.41) is 3.36. The Labute approximate surface area is 113 Å². The van der Waals surface area contributed by atoms with Crippen LogP contribution in [-0.2, 0) is 0 Å². The molecule has 0 aliphatic heterocycles. The minimum absolute atomic E-state index is 0.195. The lowest BCUT2D eigenvalue weighted by atomic mass is 10.0. The molecule has 0 heterocycles. The van der Waals surface area contributed by atoms with Crippen molar-refractivity contribution in [1.29, 1.82) is 0 Å². The number of ether oxygens (including phenoxy) is 1. The van der Waals surface area contributed by atoms with Crippen molar-refractivity contribution >= 4 is 5.69 Å². The Morgan fingerprint density at radius 2 is 1.68 bits per heavy atom. The number of halogens is 1. The molecule has 19 heavy (non-hydrogen) atoms. The van der Waals surface area contributed by atoms with E-state index < -0.39 is 0 Å². The van der Waals surface area contributed by atoms with Gasteiger partial charge in [0.15, 0.2) is 0 Å². The maximum absolute atomic E-state index is 12.8. The smallest absolute Gasteiger partial charge is 0.123 e. The average Bonchev–Trinajstić information content (AvgIpc) is 2.46. The van der Waals surface area contributed by atoms with Crippen molar-refractivity contribution in [2.24, 2.45) is 0 Å². The molecule has 0 fully saturated rings. The molecule has 2 aromatic rings. The van der Waals surface area contributed by atoms with E-state index in [0.717, 1.165) is 23.5 Å². The van der Waals surface area contributed by atoms with Crippen LogP contribution in [0, 0.1) is 5.82 Å². The molecule has 0 spiro atoms. The van der Waals surface area contributed by atoms with Gasteiger partial charge < -0.3 is 10.1 Å². The van der Waals surface area contributed by atoms with Crippen LogP contribution in [0.5, 0.6) is 5.75 Å². The van der Waals surface area contributed by atoms with Crippen molar-refractivity contribution < 1.29 is 9.13 Å². The standard InChI is InChI=1S/C16H18FNO/c1-12(13-3-5-14(17)6-4-13)11-18-15-7-9-16(19-2)10-8-15/h3-10,12,18H,11H2,1-2H3. The Kier molecular flexibility index (Phi) is 4.39. The van der Waals surface area contributed by atoms with Gasteiger partial charge in [0.25, 0.3) is 0 Å². The van der Waals surface area contributed by atoms with E-state index in [1.807, 2.05) is 36.4 Å². The van der Waals surface area contributed by atoms with Crippen LogP contribution in [0.3, 0.4) is 0 Å². The number of benzene rings is 2. The van der Waals surface area contributed by atoms with Crippen LogP contribution in [0.2, 0.25) is 0 Å². The predicted molar refractivity (Wildman–Crippen MR) is 76.3 cm³/mol. The van der Waals surface area contributed by atoms with E-state index in [2.05, 4.69) is 12.2 Å². The summed E-state index contributed by atoms with van der Waals surface area (Å²) < 4.78 is 18.0. The van der Waals surface area contributed by atoms with Gasteiger partial charge in [0.2, 0.25) is 0 Å². The van der Waals surface area contributed by atoms with Gasteiger partial charge in [-0.1, -0.05) is 19.1 Å². The third-order valence-corrected chi connectivity index (χ3v) is 3.14. The third kappa shape index (κ3) is 3.71. The Hall–Kier alpha value is -2.03. The number of anilines is 1. The van der Waals surface area contributed by atoms with Gasteiger partial charge in [0, 0.05) is 12.2 Å². The second-order valence-corrected chi connectivity index (χ2v) is 4.56. The lowest BCUT2D eigenvalue weighted by Crippen LogP contribution is -2.09. The second kappa shape index (κ2) is 6.23. The first kappa shape index (κ1) is 13.4. The molecule has 0 aliphatic carbocycles. The summed E-state index contributed by atoms with van der Waals surface area (Å²) in [5.74, 6) is 0.971. The maximum atomic E-state index is 12.8. The van der Waals surface area contributed by atoms with Crippen LogP contribution < -0.4 is 10.1 Å². The molecule has 1 atom stereocenters. The molecular weight excluding hydrogens is 241 g/mol. The SMILES string of the molecule is COc1ccc(NCC(C)c2ccc(F)cc2)cc1. The fourth-order valence-electron chi connectivity index (χ4n) is 1.89. The summed E-state index contributed by atoms with van der Waals surface area (Å²) in [5.41, 5.74) is 2.18. The van der Waals surface area contributed by atoms with Gasteiger partial charge in [0.05, 0.1) is 7.11 Å². The highest BCUT2D eigenvalue weighted by Crippen LogP contribution is 2.19. The van der Waals surface area contributed by atoms with Gasteiger partial charge in [-0.3, -0.25) is 0 Å². The van der Waals surface area contributed by atoms with E-state index in [4.69, 9.17) is 4.74 Å². The van der Waals surface area contributed by atoms with Crippen LogP contribution >= 0.6 is 0 Å². The summed E-state index contributed by atoms with van der Waals surface area (Å²) >= 11 is 0. The first-order valence-electron chi connectivity index (χ1n) is 6.32. The van der Waals surface area contributed by atoms with Crippen molar-refractivity contribution in [2.45, 2.75) is 12.8 Å². The Bertz CT molecular complexity index is 507. The van der Waals surface area contributed by atoms with Crippen LogP contribution in [0.1, 0.15) is 18.4 Å². The molecule has 0 saturated heterocycles. The Balaban J connectivity index is 1.92. The molecule has 0 aromatic heterocycles. The van der Waals surface area contributed by atoms with E-state index >= 15 is 0 Å². The molecule has 3 heteroatoms. The minimum atomic E-state index is -0.195. The largest absolute Gasteiger partial charge is 0.497 e. The van der Waals surface area contributed by atoms with Crippen molar-refractivity contribution in [2.75, 3.05) is 19.0 Å². The Morgan fingerprint density at radius 1 is 1.05 bits per heavy atom. The zero-order valence-corrected chi connectivity index (χ0v) is 11.2. The first-order chi connectivity index (χ1) is 9.19. The van der Waals surface area contributed by atoms with E-state index in [9.17, 15) is 4.39 Å². The number of rotatable bonds is 5. The molecule has 0 saturated carbocycles. The van der Waals surface area contributed by atoms with Crippen molar-refractivity contribution in [3.05, 3.63) is 59.9 Å². The third-order valence-electron chi connectivity index (χ3n) is 3.14. The van der Waals surface area contributed by atoms with Gasteiger partial charge in [-0.15, -0.1) is 0 Å². The topological polar surface area (TPSA) is 21.3 Å². The second-order valence-electron chi connectivity index (χ2n) is 4.56.